The average Bonchev–Trinajstić information content (AvgIpc) is 3.09. The second kappa shape index (κ2) is 9.43. The van der Waals surface area contributed by atoms with Crippen LogP contribution in [0.15, 0.2) is 23.0 Å². The average molecular weight is 489 g/mol. The number of aromatic hydroxyl groups is 1. The fraction of sp³-hybridized carbons (Fsp3) is 0.435. The van der Waals surface area contributed by atoms with Crippen molar-refractivity contribution in [2.45, 2.75) is 44.3 Å². The number of carbonyl (C=O) groups excluding carboxylic acids is 3. The van der Waals surface area contributed by atoms with E-state index in [1.165, 1.54) is 24.7 Å². The standard InChI is InChI=1S/C23H25F2N5O5/c1-29(2)23(35)21(33)27-16-8-12-3-5-13(16)19-28-17(18(31)22(34)30(19)10-12)20(32)26-9-11-4-6-14(24)15(25)7-11/h4,6-7,12-13,16,31H,3,5,8-10H2,1-2H3,(H,26,32)(H,27,33). The van der Waals surface area contributed by atoms with Crippen molar-refractivity contribution in [2.24, 2.45) is 5.92 Å². The summed E-state index contributed by atoms with van der Waals surface area (Å²) >= 11 is 0. The molecule has 35 heavy (non-hydrogen) atoms. The SMILES string of the molecule is CN(C)C(=O)C(=O)NC1CC2CCC1c1nc(C(=O)NCc3ccc(F)c(F)c3)c(O)c(=O)n1C2. The molecule has 3 amide bonds. The van der Waals surface area contributed by atoms with Crippen molar-refractivity contribution in [2.75, 3.05) is 14.1 Å². The van der Waals surface area contributed by atoms with Crippen LogP contribution >= 0.6 is 0 Å². The zero-order chi connectivity index (χ0) is 25.4. The van der Waals surface area contributed by atoms with Gasteiger partial charge in [0.15, 0.2) is 17.3 Å². The van der Waals surface area contributed by atoms with Crippen LogP contribution in [0.2, 0.25) is 0 Å². The molecule has 0 spiro atoms. The van der Waals surface area contributed by atoms with Crippen molar-refractivity contribution in [1.29, 1.82) is 0 Å². The lowest BCUT2D eigenvalue weighted by Gasteiger charge is -2.32. The molecule has 0 radical (unpaired) electrons. The fourth-order valence-electron chi connectivity index (χ4n) is 4.68. The Balaban J connectivity index is 1.61. The molecule has 1 fully saturated rings. The normalized spacial score (nSPS) is 20.5. The number of likely N-dealkylation sites (N-methyl/N-ethyl adjacent to an activating group) is 1. The van der Waals surface area contributed by atoms with Crippen molar-refractivity contribution < 1.29 is 28.3 Å². The van der Waals surface area contributed by atoms with Crippen LogP contribution in [0.3, 0.4) is 0 Å². The Hall–Kier alpha value is -3.83. The quantitative estimate of drug-likeness (QED) is 0.540. The number of nitrogens with one attached hydrogen (secondary N) is 2. The van der Waals surface area contributed by atoms with Crippen LogP contribution < -0.4 is 16.2 Å². The molecule has 1 aliphatic carbocycles. The van der Waals surface area contributed by atoms with Crippen molar-refractivity contribution in [1.82, 2.24) is 25.1 Å². The molecule has 186 valence electrons. The lowest BCUT2D eigenvalue weighted by molar-refractivity contribution is -0.144. The van der Waals surface area contributed by atoms with Crippen molar-refractivity contribution in [3.63, 3.8) is 0 Å². The van der Waals surface area contributed by atoms with Gasteiger partial charge in [-0.05, 0) is 42.9 Å². The number of benzene rings is 1. The summed E-state index contributed by atoms with van der Waals surface area (Å²) in [6, 6.07) is 2.66. The van der Waals surface area contributed by atoms with Crippen LogP contribution in [0.4, 0.5) is 8.78 Å². The molecule has 2 aromatic rings. The molecule has 1 saturated carbocycles. The highest BCUT2D eigenvalue weighted by molar-refractivity contribution is 6.34. The van der Waals surface area contributed by atoms with E-state index in [-0.39, 0.29) is 30.4 Å². The summed E-state index contributed by atoms with van der Waals surface area (Å²) in [5.41, 5.74) is -1.000. The predicted molar refractivity (Wildman–Crippen MR) is 118 cm³/mol. The highest BCUT2D eigenvalue weighted by Gasteiger charge is 2.41. The molecule has 10 nitrogen and oxygen atoms in total. The van der Waals surface area contributed by atoms with E-state index in [0.29, 0.717) is 12.8 Å². The summed E-state index contributed by atoms with van der Waals surface area (Å²) in [7, 11) is 2.93. The Morgan fingerprint density at radius 2 is 1.94 bits per heavy atom. The van der Waals surface area contributed by atoms with Gasteiger partial charge in [-0.15, -0.1) is 0 Å². The maximum Gasteiger partial charge on any atom is 0.311 e. The Morgan fingerprint density at radius 1 is 1.20 bits per heavy atom. The molecular formula is C23H25F2N5O5. The molecule has 3 unspecified atom stereocenters. The smallest absolute Gasteiger partial charge is 0.311 e. The number of rotatable bonds is 4. The summed E-state index contributed by atoms with van der Waals surface area (Å²) in [5.74, 6) is -5.45. The second-order valence-electron chi connectivity index (χ2n) is 9.08. The van der Waals surface area contributed by atoms with Gasteiger partial charge >= 0.3 is 11.8 Å². The number of hydrogen-bond donors (Lipinski definition) is 3. The van der Waals surface area contributed by atoms with E-state index >= 15 is 0 Å². The minimum Gasteiger partial charge on any atom is -0.501 e. The first-order valence-electron chi connectivity index (χ1n) is 11.1. The van der Waals surface area contributed by atoms with Gasteiger partial charge in [0, 0.05) is 39.1 Å². The van der Waals surface area contributed by atoms with Crippen molar-refractivity contribution in [3.05, 3.63) is 57.3 Å². The predicted octanol–water partition coefficient (Wildman–Crippen LogP) is 0.627. The van der Waals surface area contributed by atoms with Crippen molar-refractivity contribution in [3.8, 4) is 5.75 Å². The van der Waals surface area contributed by atoms with Gasteiger partial charge in [-0.25, -0.2) is 13.8 Å². The van der Waals surface area contributed by atoms with E-state index < -0.39 is 58.3 Å². The molecule has 1 aromatic heterocycles. The first kappa shape index (κ1) is 24.3. The van der Waals surface area contributed by atoms with Gasteiger partial charge in [0.25, 0.3) is 11.5 Å². The highest BCUT2D eigenvalue weighted by Crippen LogP contribution is 2.39. The topological polar surface area (TPSA) is 134 Å². The first-order valence-corrected chi connectivity index (χ1v) is 11.1. The summed E-state index contributed by atoms with van der Waals surface area (Å²) in [6.07, 6.45) is 1.83. The van der Waals surface area contributed by atoms with Crippen LogP contribution in [0.25, 0.3) is 0 Å². The summed E-state index contributed by atoms with van der Waals surface area (Å²) < 4.78 is 27.9. The van der Waals surface area contributed by atoms with Gasteiger partial charge in [-0.3, -0.25) is 23.7 Å². The molecule has 12 heteroatoms. The zero-order valence-corrected chi connectivity index (χ0v) is 19.2. The largest absolute Gasteiger partial charge is 0.501 e. The third kappa shape index (κ3) is 4.73. The highest BCUT2D eigenvalue weighted by atomic mass is 19.2. The summed E-state index contributed by atoms with van der Waals surface area (Å²) in [5, 5.41) is 15.6. The van der Waals surface area contributed by atoms with Gasteiger partial charge in [0.2, 0.25) is 5.75 Å². The fourth-order valence-corrected chi connectivity index (χ4v) is 4.68. The number of amides is 3. The molecule has 0 saturated heterocycles. The van der Waals surface area contributed by atoms with E-state index in [0.717, 1.165) is 23.5 Å². The molecule has 5 rings (SSSR count). The molecule has 2 aliphatic heterocycles. The summed E-state index contributed by atoms with van der Waals surface area (Å²) in [4.78, 5) is 55.6. The van der Waals surface area contributed by atoms with Gasteiger partial charge in [-0.1, -0.05) is 6.07 Å². The lowest BCUT2D eigenvalue weighted by atomic mass is 9.79. The number of carbonyl (C=O) groups is 3. The monoisotopic (exact) mass is 489 g/mol. The Morgan fingerprint density at radius 3 is 2.63 bits per heavy atom. The Bertz CT molecular complexity index is 1260. The molecule has 3 aliphatic rings. The molecule has 1 aromatic carbocycles. The number of hydrogen-bond acceptors (Lipinski definition) is 6. The van der Waals surface area contributed by atoms with Crippen LogP contribution in [0.5, 0.6) is 5.75 Å². The van der Waals surface area contributed by atoms with E-state index in [9.17, 15) is 33.1 Å². The number of nitrogens with zero attached hydrogens (tertiary/aromatic N) is 3. The maximum atomic E-state index is 13.4. The van der Waals surface area contributed by atoms with Crippen LogP contribution in [0, 0.1) is 17.6 Å². The molecule has 2 bridgehead atoms. The van der Waals surface area contributed by atoms with Crippen LogP contribution in [0.1, 0.15) is 47.1 Å². The van der Waals surface area contributed by atoms with Gasteiger partial charge in [0.05, 0.1) is 0 Å². The second-order valence-corrected chi connectivity index (χ2v) is 9.08. The minimum absolute atomic E-state index is 0.0132. The van der Waals surface area contributed by atoms with E-state index in [1.807, 2.05) is 0 Å². The van der Waals surface area contributed by atoms with E-state index in [1.54, 1.807) is 0 Å². The third-order valence-corrected chi connectivity index (χ3v) is 6.48. The van der Waals surface area contributed by atoms with E-state index in [4.69, 9.17) is 0 Å². The number of halogens is 2. The van der Waals surface area contributed by atoms with Crippen molar-refractivity contribution >= 4 is 17.7 Å². The Labute approximate surface area is 199 Å². The van der Waals surface area contributed by atoms with Crippen LogP contribution in [-0.2, 0) is 22.7 Å². The minimum atomic E-state index is -1.07. The summed E-state index contributed by atoms with van der Waals surface area (Å²) in [6.45, 7) is 0.0718. The molecular weight excluding hydrogens is 464 g/mol. The van der Waals surface area contributed by atoms with Gasteiger partial charge < -0.3 is 20.6 Å². The zero-order valence-electron chi connectivity index (χ0n) is 19.2. The van der Waals surface area contributed by atoms with Gasteiger partial charge in [-0.2, -0.15) is 0 Å². The number of aromatic nitrogens is 2. The van der Waals surface area contributed by atoms with Crippen LogP contribution in [-0.4, -0.2) is 57.4 Å². The maximum absolute atomic E-state index is 13.4. The third-order valence-electron chi connectivity index (χ3n) is 6.48. The first-order chi connectivity index (χ1) is 16.6. The molecule has 3 N–H and O–H groups in total. The molecule has 3 heterocycles. The number of fused-ring (bicyclic) bond motifs is 2. The Kier molecular flexibility index (Phi) is 6.55. The molecule has 3 atom stereocenters. The van der Waals surface area contributed by atoms with E-state index in [2.05, 4.69) is 15.6 Å². The lowest BCUT2D eigenvalue weighted by Crippen LogP contribution is -2.48. The van der Waals surface area contributed by atoms with Gasteiger partial charge in [0.1, 0.15) is 5.82 Å².